The number of furan rings is 1. The van der Waals surface area contributed by atoms with Crippen molar-refractivity contribution in [3.05, 3.63) is 35.3 Å². The summed E-state index contributed by atoms with van der Waals surface area (Å²) in [6.45, 7) is -0.785. The Hall–Kier alpha value is -2.84. The van der Waals surface area contributed by atoms with Gasteiger partial charge in [0.1, 0.15) is 0 Å². The van der Waals surface area contributed by atoms with E-state index in [4.69, 9.17) is 10.2 Å². The van der Waals surface area contributed by atoms with Crippen LogP contribution in [-0.4, -0.2) is 68.0 Å². The summed E-state index contributed by atoms with van der Waals surface area (Å²) in [7, 11) is 0. The average Bonchev–Trinajstić information content (AvgIpc) is 3.33. The van der Waals surface area contributed by atoms with E-state index in [1.165, 1.54) is 23.3 Å². The number of hydrogen-bond acceptors (Lipinski definition) is 7. The van der Waals surface area contributed by atoms with Crippen LogP contribution in [0.3, 0.4) is 0 Å². The molecule has 0 bridgehead atoms. The van der Waals surface area contributed by atoms with Crippen LogP contribution in [0.25, 0.3) is 11.6 Å². The lowest BCUT2D eigenvalue weighted by Crippen LogP contribution is -2.58. The molecule has 198 valence electrons. The molecule has 0 spiro atoms. The van der Waals surface area contributed by atoms with Crippen molar-refractivity contribution in [1.29, 1.82) is 0 Å². The van der Waals surface area contributed by atoms with Gasteiger partial charge in [-0.15, -0.1) is 12.4 Å². The molecule has 0 saturated carbocycles. The molecule has 0 aromatic carbocycles. The van der Waals surface area contributed by atoms with E-state index in [2.05, 4.69) is 9.97 Å². The first kappa shape index (κ1) is 27.7. The molecule has 0 aliphatic carbocycles. The average molecular weight is 540 g/mol. The van der Waals surface area contributed by atoms with Crippen molar-refractivity contribution in [2.24, 2.45) is 5.73 Å². The van der Waals surface area contributed by atoms with Crippen LogP contribution in [-0.2, 0) is 28.7 Å². The van der Waals surface area contributed by atoms with Crippen molar-refractivity contribution >= 4 is 24.2 Å². The van der Waals surface area contributed by atoms with Crippen LogP contribution < -0.4 is 5.73 Å². The number of alkyl halides is 5. The third-order valence-electron chi connectivity index (χ3n) is 5.96. The fourth-order valence-corrected chi connectivity index (χ4v) is 4.18. The van der Waals surface area contributed by atoms with E-state index in [1.807, 2.05) is 0 Å². The monoisotopic (exact) mass is 539 g/mol. The van der Waals surface area contributed by atoms with Crippen LogP contribution in [0, 0.1) is 0 Å². The number of likely N-dealkylation sites (tertiary alicyclic amines) is 1. The molecule has 2 amide bonds. The number of fused-ring (bicyclic) bond motifs is 1. The van der Waals surface area contributed by atoms with Crippen LogP contribution in [0.2, 0.25) is 0 Å². The fourth-order valence-electron chi connectivity index (χ4n) is 4.18. The quantitative estimate of drug-likeness (QED) is 0.559. The molecule has 15 heteroatoms. The third kappa shape index (κ3) is 5.60. The van der Waals surface area contributed by atoms with Gasteiger partial charge >= 0.3 is 6.18 Å². The maximum Gasteiger partial charge on any atom is 0.433 e. The second kappa shape index (κ2) is 10.3. The van der Waals surface area contributed by atoms with Gasteiger partial charge in [-0.05, 0) is 18.6 Å². The molecule has 2 atom stereocenters. The van der Waals surface area contributed by atoms with E-state index in [9.17, 15) is 36.6 Å². The molecule has 2 aromatic heterocycles. The molecule has 2 aliphatic rings. The van der Waals surface area contributed by atoms with Gasteiger partial charge in [0.2, 0.25) is 11.8 Å². The molecule has 3 N–H and O–H groups in total. The number of hydrogen-bond donors (Lipinski definition) is 2. The maximum absolute atomic E-state index is 13.8. The maximum atomic E-state index is 13.8. The number of amides is 2. The van der Waals surface area contributed by atoms with Gasteiger partial charge in [0.25, 0.3) is 5.92 Å². The van der Waals surface area contributed by atoms with Gasteiger partial charge in [-0.25, -0.2) is 18.7 Å². The van der Waals surface area contributed by atoms with Crippen LogP contribution >= 0.6 is 12.4 Å². The fraction of sp³-hybridized carbons (Fsp3) is 0.524. The summed E-state index contributed by atoms with van der Waals surface area (Å²) in [5.41, 5.74) is 4.69. The topological polar surface area (TPSA) is 126 Å². The van der Waals surface area contributed by atoms with E-state index < -0.39 is 61.3 Å². The number of aromatic nitrogens is 2. The van der Waals surface area contributed by atoms with Crippen LogP contribution in [0.4, 0.5) is 22.0 Å². The molecular formula is C21H23ClF5N5O4. The Morgan fingerprint density at radius 3 is 2.67 bits per heavy atom. The molecule has 0 radical (unpaired) electrons. The van der Waals surface area contributed by atoms with Crippen molar-refractivity contribution < 1.29 is 41.1 Å². The normalized spacial score (nSPS) is 20.5. The van der Waals surface area contributed by atoms with Crippen molar-refractivity contribution in [1.82, 2.24) is 19.8 Å². The highest BCUT2D eigenvalue weighted by Crippen LogP contribution is 2.36. The second-order valence-corrected chi connectivity index (χ2v) is 8.51. The number of aliphatic hydroxyl groups is 1. The van der Waals surface area contributed by atoms with E-state index >= 15 is 0 Å². The first-order valence-corrected chi connectivity index (χ1v) is 10.8. The van der Waals surface area contributed by atoms with Crippen LogP contribution in [0.5, 0.6) is 0 Å². The Labute approximate surface area is 207 Å². The molecule has 4 rings (SSSR count). The number of piperidine rings is 1. The van der Waals surface area contributed by atoms with E-state index in [0.29, 0.717) is 4.90 Å². The molecule has 36 heavy (non-hydrogen) atoms. The van der Waals surface area contributed by atoms with Gasteiger partial charge in [-0.2, -0.15) is 13.2 Å². The molecule has 0 unspecified atom stereocenters. The Kier molecular flexibility index (Phi) is 7.91. The number of nitrogens with two attached hydrogens (primary N) is 1. The molecular weight excluding hydrogens is 517 g/mol. The number of carbonyl (C=O) groups is 2. The Balaban J connectivity index is 0.00000361. The van der Waals surface area contributed by atoms with Gasteiger partial charge in [-0.1, -0.05) is 0 Å². The first-order valence-electron chi connectivity index (χ1n) is 10.8. The first-order chi connectivity index (χ1) is 16.4. The smallest absolute Gasteiger partial charge is 0.433 e. The SMILES string of the molecule is Cl.N[C@@H](CC(=O)N1CCc2c(nc(-c3ccco3)nc2C(F)(F)F)C1)CN1C(=O)CCC(F)(F)[C@@H]1O. The molecule has 4 heterocycles. The molecule has 9 nitrogen and oxygen atoms in total. The number of halogens is 6. The molecule has 1 saturated heterocycles. The summed E-state index contributed by atoms with van der Waals surface area (Å²) in [6, 6.07) is 1.81. The van der Waals surface area contributed by atoms with Crippen molar-refractivity contribution in [3.8, 4) is 11.6 Å². The van der Waals surface area contributed by atoms with Crippen molar-refractivity contribution in [2.45, 2.75) is 56.6 Å². The second-order valence-electron chi connectivity index (χ2n) is 8.51. The van der Waals surface area contributed by atoms with Crippen LogP contribution in [0.15, 0.2) is 22.8 Å². The highest BCUT2D eigenvalue weighted by Gasteiger charge is 2.48. The molecule has 2 aromatic rings. The van der Waals surface area contributed by atoms with Crippen molar-refractivity contribution in [3.63, 3.8) is 0 Å². The minimum Gasteiger partial charge on any atom is -0.461 e. The van der Waals surface area contributed by atoms with Gasteiger partial charge in [0, 0.05) is 44.0 Å². The minimum absolute atomic E-state index is 0. The largest absolute Gasteiger partial charge is 0.461 e. The summed E-state index contributed by atoms with van der Waals surface area (Å²) >= 11 is 0. The summed E-state index contributed by atoms with van der Waals surface area (Å²) in [5, 5.41) is 9.79. The van der Waals surface area contributed by atoms with Gasteiger partial charge in [0.15, 0.2) is 23.5 Å². The lowest BCUT2D eigenvalue weighted by Gasteiger charge is -2.38. The standard InChI is InChI=1S/C21H22F5N5O4.ClH/c22-20(23)5-3-15(32)31(19(20)34)9-11(27)8-16(33)30-6-4-12-13(10-30)28-18(14-2-1-7-35-14)29-17(12)21(24,25)26;/h1-2,7,11,19,34H,3-6,8-10,27H2;1H/t11-,19-;/m0./s1. The number of aliphatic hydroxyl groups excluding tert-OH is 1. The number of rotatable bonds is 5. The van der Waals surface area contributed by atoms with Crippen LogP contribution in [0.1, 0.15) is 36.2 Å². The summed E-state index contributed by atoms with van der Waals surface area (Å²) < 4.78 is 73.6. The van der Waals surface area contributed by atoms with E-state index in [1.54, 1.807) is 0 Å². The predicted molar refractivity (Wildman–Crippen MR) is 116 cm³/mol. The zero-order chi connectivity index (χ0) is 25.5. The Morgan fingerprint density at radius 2 is 2.03 bits per heavy atom. The summed E-state index contributed by atoms with van der Waals surface area (Å²) in [5.74, 6) is -4.99. The predicted octanol–water partition coefficient (Wildman–Crippen LogP) is 2.36. The van der Waals surface area contributed by atoms with E-state index in [0.717, 1.165) is 0 Å². The zero-order valence-electron chi connectivity index (χ0n) is 18.7. The lowest BCUT2D eigenvalue weighted by atomic mass is 10.0. The van der Waals surface area contributed by atoms with E-state index in [-0.39, 0.29) is 61.2 Å². The number of nitrogens with zero attached hydrogens (tertiary/aromatic N) is 4. The highest BCUT2D eigenvalue weighted by atomic mass is 35.5. The molecule has 2 aliphatic heterocycles. The Bertz CT molecular complexity index is 1110. The van der Waals surface area contributed by atoms with Gasteiger partial charge in [0.05, 0.1) is 18.5 Å². The zero-order valence-corrected chi connectivity index (χ0v) is 19.5. The third-order valence-corrected chi connectivity index (χ3v) is 5.96. The minimum atomic E-state index is -4.74. The molecule has 1 fully saturated rings. The highest BCUT2D eigenvalue weighted by molar-refractivity contribution is 5.85. The van der Waals surface area contributed by atoms with Crippen molar-refractivity contribution in [2.75, 3.05) is 13.1 Å². The van der Waals surface area contributed by atoms with Gasteiger partial charge < -0.3 is 25.1 Å². The lowest BCUT2D eigenvalue weighted by molar-refractivity contribution is -0.205. The number of carbonyl (C=O) groups excluding carboxylic acids is 2. The summed E-state index contributed by atoms with van der Waals surface area (Å²) in [4.78, 5) is 34.4. The Morgan fingerprint density at radius 1 is 1.31 bits per heavy atom. The van der Waals surface area contributed by atoms with Gasteiger partial charge in [-0.3, -0.25) is 9.59 Å². The summed E-state index contributed by atoms with van der Waals surface area (Å²) in [6.07, 6.45) is -7.60.